The number of hydrogen-bond donors (Lipinski definition) is 0. The Kier molecular flexibility index (Phi) is 10600. The molecule has 42 valence electrons. The molecule has 0 aromatic carbocycles. The molecule has 0 saturated carbocycles. The van der Waals surface area contributed by atoms with Crippen molar-refractivity contribution in [1.82, 2.24) is 0 Å². The summed E-state index contributed by atoms with van der Waals surface area (Å²) in [7, 11) is 0. The van der Waals surface area contributed by atoms with Crippen LogP contribution >= 0.6 is 0 Å². The molecule has 7 heteroatoms. The zero-order chi connectivity index (χ0) is 0. The number of hydrogen-bond acceptors (Lipinski definition) is 2. The van der Waals surface area contributed by atoms with Gasteiger partial charge in [-0.15, -0.1) is 0 Å². The molecule has 0 aromatic rings. The van der Waals surface area contributed by atoms with E-state index < -0.39 is 0 Å². The first-order valence-corrected chi connectivity index (χ1v) is 0. The Morgan fingerprint density at radius 3 is 0.714 bits per heavy atom. The van der Waals surface area contributed by atoms with Crippen LogP contribution in [0.4, 0.5) is 0 Å². The van der Waals surface area contributed by atoms with E-state index in [2.05, 4.69) is 0 Å². The molecule has 0 unspecified atom stereocenters. The average Bonchev–Trinajstić information content (AvgIpc) is 0. The van der Waals surface area contributed by atoms with Crippen molar-refractivity contribution in [2.24, 2.45) is 0 Å². The fourth-order valence-electron chi connectivity index (χ4n) is 0. The van der Waals surface area contributed by atoms with Gasteiger partial charge < -0.3 is 27.4 Å². The summed E-state index contributed by atoms with van der Waals surface area (Å²) in [5.74, 6) is 0. The van der Waals surface area contributed by atoms with Gasteiger partial charge in [0.25, 0.3) is 0 Å². The summed E-state index contributed by atoms with van der Waals surface area (Å²) in [6.45, 7) is 0. The average molecular weight is 160 g/mol. The first-order chi connectivity index (χ1) is 0. The first kappa shape index (κ1) is 338. The third kappa shape index (κ3) is 153. The van der Waals surface area contributed by atoms with Gasteiger partial charge in [-0.2, -0.15) is 0 Å². The van der Waals surface area contributed by atoms with Crippen LogP contribution < -0.4 is 0 Å². The van der Waals surface area contributed by atoms with Crippen molar-refractivity contribution in [1.29, 1.82) is 0 Å². The van der Waals surface area contributed by atoms with E-state index in [1.54, 1.807) is 0 Å². The predicted molar refractivity (Wildman–Crippen MR) is 14.6 cm³/mol. The molecule has 0 heterocycles. The molecule has 0 spiro atoms. The van der Waals surface area contributed by atoms with E-state index in [0.29, 0.717) is 0 Å². The molecule has 0 aromatic heterocycles. The molecule has 4 N–H and O–H groups in total. The van der Waals surface area contributed by atoms with Crippen LogP contribution in [0.1, 0.15) is 0 Å². The van der Waals surface area contributed by atoms with E-state index in [9.17, 15) is 0 Å². The molecule has 0 rings (SSSR count). The SMILES string of the molecule is O.[Cr+4].[Mg+2].[O-2].[O-2].[OH-].[OH-]. The van der Waals surface area contributed by atoms with E-state index in [4.69, 9.17) is 0 Å². The van der Waals surface area contributed by atoms with Gasteiger partial charge in [-0.05, 0) is 0 Å². The standard InChI is InChI=1S/Cr.Mg.3H2O.2O/h;;3*1H2;;/q+4;+2;;;;2*-2/p-2. The molecule has 0 aliphatic carbocycles. The molecule has 7 heavy (non-hydrogen) atoms. The van der Waals surface area contributed by atoms with Gasteiger partial charge in [0.05, 0.1) is 0 Å². The Hall–Kier alpha value is 1.10. The zero-order valence-electron chi connectivity index (χ0n) is 3.33. The van der Waals surface area contributed by atoms with Crippen molar-refractivity contribution in [2.45, 2.75) is 0 Å². The second kappa shape index (κ2) is 219. The quantitative estimate of drug-likeness (QED) is 0.384. The van der Waals surface area contributed by atoms with Crippen molar-refractivity contribution in [3.63, 3.8) is 0 Å². The minimum absolute atomic E-state index is 0. The monoisotopic (exact) mass is 160 g/mol. The van der Waals surface area contributed by atoms with E-state index in [1.807, 2.05) is 0 Å². The summed E-state index contributed by atoms with van der Waals surface area (Å²) in [4.78, 5) is 0. The van der Waals surface area contributed by atoms with Crippen LogP contribution in [0.25, 0.3) is 0 Å². The van der Waals surface area contributed by atoms with E-state index in [0.717, 1.165) is 0 Å². The second-order valence-corrected chi connectivity index (χ2v) is 0. The van der Waals surface area contributed by atoms with Crippen LogP contribution in [0, 0.1) is 0 Å². The van der Waals surface area contributed by atoms with Crippen LogP contribution in [0.15, 0.2) is 0 Å². The summed E-state index contributed by atoms with van der Waals surface area (Å²) < 4.78 is 0. The van der Waals surface area contributed by atoms with Crippen LogP contribution in [0.2, 0.25) is 0 Å². The van der Waals surface area contributed by atoms with Crippen molar-refractivity contribution in [3.8, 4) is 0 Å². The Morgan fingerprint density at radius 1 is 0.714 bits per heavy atom. The van der Waals surface area contributed by atoms with E-state index in [-0.39, 0.29) is 67.8 Å². The fraction of sp³-hybridized carbons (Fsp3) is 0. The van der Waals surface area contributed by atoms with Gasteiger partial charge in [0.15, 0.2) is 0 Å². The molecule has 0 amide bonds. The molecule has 0 aliphatic heterocycles. The Labute approximate surface area is 67.9 Å². The molecule has 0 aliphatic rings. The first-order valence-electron chi connectivity index (χ1n) is 0. The largest absolute Gasteiger partial charge is 4.00 e. The Balaban J connectivity index is 0. The maximum atomic E-state index is 0. The van der Waals surface area contributed by atoms with Gasteiger partial charge in [-0.25, -0.2) is 0 Å². The van der Waals surface area contributed by atoms with Gasteiger partial charge in [-0.1, -0.05) is 0 Å². The molecule has 0 fully saturated rings. The molecule has 0 atom stereocenters. The second-order valence-electron chi connectivity index (χ2n) is 0. The molecule has 5 nitrogen and oxygen atoms in total. The summed E-state index contributed by atoms with van der Waals surface area (Å²) in [6.07, 6.45) is 0. The van der Waals surface area contributed by atoms with Crippen molar-refractivity contribution in [2.75, 3.05) is 0 Å². The van der Waals surface area contributed by atoms with Gasteiger partial charge in [0.2, 0.25) is 0 Å². The minimum Gasteiger partial charge on any atom is -2.00 e. The van der Waals surface area contributed by atoms with Crippen molar-refractivity contribution in [3.05, 3.63) is 0 Å². The summed E-state index contributed by atoms with van der Waals surface area (Å²) in [5.41, 5.74) is 0. The van der Waals surface area contributed by atoms with Crippen molar-refractivity contribution < 1.29 is 44.7 Å². The third-order valence-corrected chi connectivity index (χ3v) is 0. The van der Waals surface area contributed by atoms with Gasteiger partial charge in [-0.3, -0.25) is 0 Å². The Bertz CT molecular complexity index is 8.04. The fourth-order valence-corrected chi connectivity index (χ4v) is 0. The van der Waals surface area contributed by atoms with Gasteiger partial charge >= 0.3 is 40.4 Å². The number of rotatable bonds is 0. The van der Waals surface area contributed by atoms with E-state index >= 15 is 0 Å². The van der Waals surface area contributed by atoms with Crippen LogP contribution in [-0.2, 0) is 28.3 Å². The maximum Gasteiger partial charge on any atom is 4.00 e. The van der Waals surface area contributed by atoms with Gasteiger partial charge in [0.1, 0.15) is 0 Å². The summed E-state index contributed by atoms with van der Waals surface area (Å²) >= 11 is 0. The summed E-state index contributed by atoms with van der Waals surface area (Å²) in [6, 6.07) is 0. The molecule has 0 bridgehead atoms. The smallest absolute Gasteiger partial charge is 2.00 e. The molecule has 0 saturated heterocycles. The normalized spacial score (nSPS) is 0. The van der Waals surface area contributed by atoms with Crippen LogP contribution in [0.5, 0.6) is 0 Å². The zero-order valence-corrected chi connectivity index (χ0v) is 6.02. The van der Waals surface area contributed by atoms with Gasteiger partial charge in [0, 0.05) is 0 Å². The van der Waals surface area contributed by atoms with Crippen LogP contribution in [-0.4, -0.2) is 39.5 Å². The Morgan fingerprint density at radius 2 is 0.714 bits per heavy atom. The molecule has 0 radical (unpaired) electrons. The topological polar surface area (TPSA) is 148 Å². The predicted octanol–water partition coefficient (Wildman–Crippen LogP) is -1.80. The molecular formula is H4CrMgO5. The van der Waals surface area contributed by atoms with E-state index in [1.165, 1.54) is 0 Å². The van der Waals surface area contributed by atoms with Crippen molar-refractivity contribution >= 4 is 23.1 Å². The van der Waals surface area contributed by atoms with Crippen LogP contribution in [0.3, 0.4) is 0 Å². The maximum absolute atomic E-state index is 0. The third-order valence-electron chi connectivity index (χ3n) is 0. The minimum atomic E-state index is 0. The summed E-state index contributed by atoms with van der Waals surface area (Å²) in [5, 5.41) is 0. The molecular weight excluding hydrogens is 156 g/mol.